The van der Waals surface area contributed by atoms with Gasteiger partial charge in [-0.05, 0) is 13.8 Å². The molecule has 0 bridgehead atoms. The number of rotatable bonds is 3. The Morgan fingerprint density at radius 2 is 2.00 bits per heavy atom. The molecular weight excluding hydrogens is 224 g/mol. The van der Waals surface area contributed by atoms with Crippen molar-refractivity contribution in [2.24, 2.45) is 10.9 Å². The molecule has 7 heteroatoms. The molecule has 1 amide bonds. The smallest absolute Gasteiger partial charge is 0.410 e. The monoisotopic (exact) mass is 244 g/mol. The molecule has 7 nitrogen and oxygen atoms in total. The molecule has 0 saturated carbocycles. The summed E-state index contributed by atoms with van der Waals surface area (Å²) in [6.45, 7) is 6.67. The third-order valence-corrected chi connectivity index (χ3v) is 2.48. The number of oxime groups is 1. The quantitative estimate of drug-likeness (QED) is 0.313. The molecule has 0 aliphatic carbocycles. The van der Waals surface area contributed by atoms with Crippen molar-refractivity contribution >= 4 is 11.9 Å². The maximum absolute atomic E-state index is 11.6. The van der Waals surface area contributed by atoms with E-state index < -0.39 is 0 Å². The van der Waals surface area contributed by atoms with E-state index in [0.717, 1.165) is 0 Å². The van der Waals surface area contributed by atoms with Crippen LogP contribution in [0.25, 0.3) is 0 Å². The number of nitrogens with zero attached hydrogens (tertiary/aromatic N) is 3. The van der Waals surface area contributed by atoms with Crippen molar-refractivity contribution in [3.05, 3.63) is 0 Å². The Kier molecular flexibility index (Phi) is 5.02. The number of carbonyl (C=O) groups excluding carboxylic acids is 1. The van der Waals surface area contributed by atoms with Gasteiger partial charge in [-0.15, -0.1) is 0 Å². The number of hydrogen-bond acceptors (Lipinski definition) is 5. The van der Waals surface area contributed by atoms with Gasteiger partial charge in [0.1, 0.15) is 0 Å². The molecule has 0 unspecified atom stereocenters. The average molecular weight is 244 g/mol. The summed E-state index contributed by atoms with van der Waals surface area (Å²) in [5.74, 6) is 0.184. The van der Waals surface area contributed by atoms with E-state index >= 15 is 0 Å². The lowest BCUT2D eigenvalue weighted by Gasteiger charge is -2.33. The number of amidine groups is 1. The molecule has 1 aliphatic rings. The summed E-state index contributed by atoms with van der Waals surface area (Å²) in [6, 6.07) is 0. The van der Waals surface area contributed by atoms with Crippen molar-refractivity contribution < 1.29 is 14.7 Å². The van der Waals surface area contributed by atoms with E-state index in [1.54, 1.807) is 4.90 Å². The molecule has 0 spiro atoms. The lowest BCUT2D eigenvalue weighted by atomic mass is 10.3. The summed E-state index contributed by atoms with van der Waals surface area (Å²) in [6.07, 6.45) is -0.374. The average Bonchev–Trinajstić information content (AvgIpc) is 2.28. The number of amides is 1. The van der Waals surface area contributed by atoms with Gasteiger partial charge in [0.05, 0.1) is 12.6 Å². The van der Waals surface area contributed by atoms with Crippen molar-refractivity contribution in [2.75, 3.05) is 32.7 Å². The second-order valence-electron chi connectivity index (χ2n) is 4.29. The van der Waals surface area contributed by atoms with Crippen LogP contribution in [0.5, 0.6) is 0 Å². The molecule has 1 rings (SSSR count). The van der Waals surface area contributed by atoms with Crippen LogP contribution in [-0.4, -0.2) is 65.8 Å². The highest BCUT2D eigenvalue weighted by atomic mass is 16.6. The first-order valence-corrected chi connectivity index (χ1v) is 5.67. The topological polar surface area (TPSA) is 91.4 Å². The summed E-state index contributed by atoms with van der Waals surface area (Å²) in [7, 11) is 0. The lowest BCUT2D eigenvalue weighted by Crippen LogP contribution is -2.51. The Morgan fingerprint density at radius 3 is 2.47 bits per heavy atom. The molecule has 1 fully saturated rings. The molecular formula is C10H20N4O3. The van der Waals surface area contributed by atoms with Gasteiger partial charge in [-0.1, -0.05) is 5.16 Å². The minimum Gasteiger partial charge on any atom is -0.447 e. The Balaban J connectivity index is 2.33. The minimum absolute atomic E-state index is 0.0994. The van der Waals surface area contributed by atoms with Crippen molar-refractivity contribution in [3.63, 3.8) is 0 Å². The van der Waals surface area contributed by atoms with Crippen molar-refractivity contribution in [3.8, 4) is 0 Å². The van der Waals surface area contributed by atoms with Crippen LogP contribution < -0.4 is 5.73 Å². The molecule has 98 valence electrons. The number of hydrogen-bond donors (Lipinski definition) is 2. The first-order chi connectivity index (χ1) is 8.02. The predicted molar refractivity (Wildman–Crippen MR) is 63.0 cm³/mol. The Labute approximate surface area is 101 Å². The van der Waals surface area contributed by atoms with Crippen molar-refractivity contribution in [1.82, 2.24) is 9.80 Å². The summed E-state index contributed by atoms with van der Waals surface area (Å²) in [5, 5.41) is 11.4. The summed E-state index contributed by atoms with van der Waals surface area (Å²) < 4.78 is 5.11. The zero-order valence-corrected chi connectivity index (χ0v) is 10.3. The highest BCUT2D eigenvalue weighted by molar-refractivity contribution is 5.81. The van der Waals surface area contributed by atoms with Gasteiger partial charge in [0, 0.05) is 26.2 Å². The van der Waals surface area contributed by atoms with Gasteiger partial charge in [-0.3, -0.25) is 4.90 Å². The summed E-state index contributed by atoms with van der Waals surface area (Å²) >= 11 is 0. The van der Waals surface area contributed by atoms with Gasteiger partial charge in [0.15, 0.2) is 5.84 Å². The van der Waals surface area contributed by atoms with Crippen LogP contribution in [0.2, 0.25) is 0 Å². The van der Waals surface area contributed by atoms with Gasteiger partial charge in [0.2, 0.25) is 0 Å². The Morgan fingerprint density at radius 1 is 1.41 bits per heavy atom. The predicted octanol–water partition coefficient (Wildman–Crippen LogP) is -0.105. The van der Waals surface area contributed by atoms with Crippen LogP contribution in [0.3, 0.4) is 0 Å². The van der Waals surface area contributed by atoms with Gasteiger partial charge in [0.25, 0.3) is 0 Å². The van der Waals surface area contributed by atoms with E-state index in [0.29, 0.717) is 32.7 Å². The molecule has 0 aromatic rings. The fraction of sp³-hybridized carbons (Fsp3) is 0.800. The van der Waals surface area contributed by atoms with Gasteiger partial charge in [-0.25, -0.2) is 4.79 Å². The second kappa shape index (κ2) is 6.29. The normalized spacial score (nSPS) is 18.5. The highest BCUT2D eigenvalue weighted by Gasteiger charge is 2.22. The van der Waals surface area contributed by atoms with E-state index in [-0.39, 0.29) is 18.0 Å². The molecule has 1 heterocycles. The van der Waals surface area contributed by atoms with Crippen molar-refractivity contribution in [1.29, 1.82) is 0 Å². The largest absolute Gasteiger partial charge is 0.447 e. The zero-order valence-electron chi connectivity index (χ0n) is 10.3. The maximum atomic E-state index is 11.6. The molecule has 17 heavy (non-hydrogen) atoms. The fourth-order valence-corrected chi connectivity index (χ4v) is 1.63. The number of ether oxygens (including phenoxy) is 1. The number of carbonyl (C=O) groups is 1. The summed E-state index contributed by atoms with van der Waals surface area (Å²) in [4.78, 5) is 15.3. The van der Waals surface area contributed by atoms with Crippen LogP contribution in [0, 0.1) is 0 Å². The second-order valence-corrected chi connectivity index (χ2v) is 4.29. The first-order valence-electron chi connectivity index (χ1n) is 5.67. The number of nitrogens with two attached hydrogens (primary N) is 1. The molecule has 0 atom stereocenters. The van der Waals surface area contributed by atoms with E-state index in [1.807, 2.05) is 18.7 Å². The Bertz CT molecular complexity index is 285. The Hall–Kier alpha value is -1.50. The fourth-order valence-electron chi connectivity index (χ4n) is 1.63. The van der Waals surface area contributed by atoms with Crippen molar-refractivity contribution in [2.45, 2.75) is 20.0 Å². The molecule has 0 radical (unpaired) electrons. The van der Waals surface area contributed by atoms with Crippen LogP contribution in [0.4, 0.5) is 4.79 Å². The van der Waals surface area contributed by atoms with E-state index in [1.165, 1.54) is 0 Å². The van der Waals surface area contributed by atoms with Gasteiger partial charge < -0.3 is 20.6 Å². The number of piperazine rings is 1. The zero-order chi connectivity index (χ0) is 12.8. The van der Waals surface area contributed by atoms with Crippen LogP contribution in [-0.2, 0) is 4.74 Å². The lowest BCUT2D eigenvalue weighted by molar-refractivity contribution is 0.0595. The third kappa shape index (κ3) is 4.48. The van der Waals surface area contributed by atoms with Crippen LogP contribution in [0.1, 0.15) is 13.8 Å². The minimum atomic E-state index is -0.275. The summed E-state index contributed by atoms with van der Waals surface area (Å²) in [5.41, 5.74) is 5.42. The molecule has 1 aliphatic heterocycles. The molecule has 0 aromatic carbocycles. The van der Waals surface area contributed by atoms with E-state index in [2.05, 4.69) is 5.16 Å². The maximum Gasteiger partial charge on any atom is 0.410 e. The van der Waals surface area contributed by atoms with Gasteiger partial charge in [-0.2, -0.15) is 0 Å². The standard InChI is InChI=1S/C10H20N4O3/c1-8(2)17-10(15)14-5-3-13(4-6-14)7-9(11)12-16/h8,16H,3-7H2,1-2H3,(H2,11,12). The third-order valence-electron chi connectivity index (χ3n) is 2.48. The first kappa shape index (κ1) is 13.6. The SMILES string of the molecule is CC(C)OC(=O)N1CCN(CC(N)=NO)CC1. The molecule has 1 saturated heterocycles. The van der Waals surface area contributed by atoms with E-state index in [4.69, 9.17) is 15.7 Å². The van der Waals surface area contributed by atoms with E-state index in [9.17, 15) is 4.79 Å². The van der Waals surface area contributed by atoms with Crippen LogP contribution >= 0.6 is 0 Å². The molecule has 3 N–H and O–H groups in total. The highest BCUT2D eigenvalue weighted by Crippen LogP contribution is 2.04. The van der Waals surface area contributed by atoms with Crippen LogP contribution in [0.15, 0.2) is 5.16 Å². The molecule has 0 aromatic heterocycles. The van der Waals surface area contributed by atoms with Gasteiger partial charge >= 0.3 is 6.09 Å².